The SMILES string of the molecule is Cc1cc(Oc2ncccn2)ccc1NC(=O)c1ccc(CSc2nc3ccccc3s2)cc1. The van der Waals surface area contributed by atoms with Gasteiger partial charge in [-0.3, -0.25) is 4.79 Å². The summed E-state index contributed by atoms with van der Waals surface area (Å²) in [7, 11) is 0. The molecule has 0 atom stereocenters. The maximum Gasteiger partial charge on any atom is 0.321 e. The van der Waals surface area contributed by atoms with E-state index in [1.165, 1.54) is 4.70 Å². The molecule has 2 aromatic heterocycles. The Kier molecular flexibility index (Phi) is 6.51. The fraction of sp³-hybridized carbons (Fsp3) is 0.0769. The molecule has 0 aliphatic heterocycles. The quantitative estimate of drug-likeness (QED) is 0.258. The van der Waals surface area contributed by atoms with Crippen LogP contribution < -0.4 is 10.1 Å². The summed E-state index contributed by atoms with van der Waals surface area (Å²) in [5, 5.41) is 2.97. The third-order valence-electron chi connectivity index (χ3n) is 5.05. The molecule has 8 heteroatoms. The molecule has 0 aliphatic rings. The van der Waals surface area contributed by atoms with Crippen molar-refractivity contribution < 1.29 is 9.53 Å². The number of thioether (sulfide) groups is 1. The topological polar surface area (TPSA) is 77.0 Å². The number of thiazole rings is 1. The minimum Gasteiger partial charge on any atom is -0.424 e. The van der Waals surface area contributed by atoms with Crippen LogP contribution in [0.2, 0.25) is 0 Å². The average Bonchev–Trinajstić information content (AvgIpc) is 3.28. The highest BCUT2D eigenvalue weighted by Crippen LogP contribution is 2.31. The van der Waals surface area contributed by atoms with E-state index in [1.807, 2.05) is 61.5 Å². The standard InChI is InChI=1S/C26H20N4O2S2/c1-17-15-20(32-25-27-13-4-14-28-25)11-12-21(17)29-24(31)19-9-7-18(8-10-19)16-33-26-30-22-5-2-3-6-23(22)34-26/h2-15H,16H2,1H3,(H,29,31). The van der Waals surface area contributed by atoms with Crippen molar-refractivity contribution in [2.75, 3.05) is 5.32 Å². The molecule has 6 nitrogen and oxygen atoms in total. The fourth-order valence-electron chi connectivity index (χ4n) is 3.29. The lowest BCUT2D eigenvalue weighted by Crippen LogP contribution is -2.12. The van der Waals surface area contributed by atoms with Gasteiger partial charge in [0, 0.05) is 29.4 Å². The van der Waals surface area contributed by atoms with E-state index in [-0.39, 0.29) is 11.9 Å². The van der Waals surface area contributed by atoms with Crippen LogP contribution in [0.1, 0.15) is 21.5 Å². The van der Waals surface area contributed by atoms with E-state index in [4.69, 9.17) is 4.74 Å². The zero-order chi connectivity index (χ0) is 23.3. The number of nitrogens with zero attached hydrogens (tertiary/aromatic N) is 3. The number of aromatic nitrogens is 3. The van der Waals surface area contributed by atoms with Crippen LogP contribution in [0.4, 0.5) is 5.69 Å². The maximum atomic E-state index is 12.8. The first kappa shape index (κ1) is 22.1. The molecule has 0 bridgehead atoms. The number of ether oxygens (including phenoxy) is 1. The lowest BCUT2D eigenvalue weighted by molar-refractivity contribution is 0.102. The number of benzene rings is 3. The van der Waals surface area contributed by atoms with Crippen LogP contribution in [-0.4, -0.2) is 20.9 Å². The third-order valence-corrected chi connectivity index (χ3v) is 7.30. The van der Waals surface area contributed by atoms with E-state index in [0.717, 1.165) is 32.4 Å². The van der Waals surface area contributed by atoms with Crippen LogP contribution in [-0.2, 0) is 5.75 Å². The monoisotopic (exact) mass is 484 g/mol. The van der Waals surface area contributed by atoms with Crippen LogP contribution in [0.15, 0.2) is 89.5 Å². The summed E-state index contributed by atoms with van der Waals surface area (Å²) in [6, 6.07) is 23.3. The molecule has 0 fully saturated rings. The molecule has 5 aromatic rings. The van der Waals surface area contributed by atoms with Gasteiger partial charge in [0.1, 0.15) is 5.75 Å². The molecular formula is C26H20N4O2S2. The molecule has 1 N–H and O–H groups in total. The first-order chi connectivity index (χ1) is 16.6. The van der Waals surface area contributed by atoms with Crippen LogP contribution in [0.3, 0.4) is 0 Å². The van der Waals surface area contributed by atoms with Crippen molar-refractivity contribution in [1.29, 1.82) is 0 Å². The number of aryl methyl sites for hydroxylation is 1. The van der Waals surface area contributed by atoms with Crippen molar-refractivity contribution in [1.82, 2.24) is 15.0 Å². The highest BCUT2D eigenvalue weighted by molar-refractivity contribution is 8.00. The number of rotatable bonds is 7. The third kappa shape index (κ3) is 5.24. The van der Waals surface area contributed by atoms with E-state index < -0.39 is 0 Å². The van der Waals surface area contributed by atoms with Gasteiger partial charge in [0.25, 0.3) is 5.91 Å². The van der Waals surface area contributed by atoms with Crippen molar-refractivity contribution in [2.24, 2.45) is 0 Å². The summed E-state index contributed by atoms with van der Waals surface area (Å²) in [5.74, 6) is 1.25. The van der Waals surface area contributed by atoms with Gasteiger partial charge in [-0.15, -0.1) is 11.3 Å². The van der Waals surface area contributed by atoms with E-state index in [2.05, 4.69) is 26.3 Å². The van der Waals surface area contributed by atoms with Gasteiger partial charge in [-0.25, -0.2) is 15.0 Å². The van der Waals surface area contributed by atoms with Crippen molar-refractivity contribution >= 4 is 44.9 Å². The Morgan fingerprint density at radius 1 is 1.00 bits per heavy atom. The predicted molar refractivity (Wildman–Crippen MR) is 137 cm³/mol. The van der Waals surface area contributed by atoms with Crippen molar-refractivity contribution in [3.8, 4) is 11.8 Å². The Bertz CT molecular complexity index is 1400. The van der Waals surface area contributed by atoms with Crippen molar-refractivity contribution in [2.45, 2.75) is 17.0 Å². The zero-order valence-electron chi connectivity index (χ0n) is 18.3. The number of para-hydroxylation sites is 1. The molecule has 1 amide bonds. The van der Waals surface area contributed by atoms with Gasteiger partial charge in [0.05, 0.1) is 10.2 Å². The van der Waals surface area contributed by atoms with Gasteiger partial charge in [-0.2, -0.15) is 0 Å². The van der Waals surface area contributed by atoms with Crippen LogP contribution in [0, 0.1) is 6.92 Å². The molecule has 0 saturated heterocycles. The van der Waals surface area contributed by atoms with E-state index >= 15 is 0 Å². The van der Waals surface area contributed by atoms with Crippen LogP contribution >= 0.6 is 23.1 Å². The molecular weight excluding hydrogens is 464 g/mol. The van der Waals surface area contributed by atoms with Gasteiger partial charge in [-0.1, -0.05) is 36.0 Å². The highest BCUT2D eigenvalue weighted by atomic mass is 32.2. The molecule has 2 heterocycles. The number of nitrogens with one attached hydrogen (secondary N) is 1. The summed E-state index contributed by atoms with van der Waals surface area (Å²) < 4.78 is 7.89. The molecule has 3 aromatic carbocycles. The predicted octanol–water partition coefficient (Wildman–Crippen LogP) is 6.73. The average molecular weight is 485 g/mol. The second-order valence-electron chi connectivity index (χ2n) is 7.50. The first-order valence-corrected chi connectivity index (χ1v) is 12.4. The lowest BCUT2D eigenvalue weighted by Gasteiger charge is -2.11. The van der Waals surface area contributed by atoms with Gasteiger partial charge < -0.3 is 10.1 Å². The number of hydrogen-bond acceptors (Lipinski definition) is 7. The second kappa shape index (κ2) is 10.0. The number of carbonyl (C=O) groups excluding carboxylic acids is 1. The van der Waals surface area contributed by atoms with Crippen LogP contribution in [0.5, 0.6) is 11.8 Å². The van der Waals surface area contributed by atoms with E-state index in [0.29, 0.717) is 11.3 Å². The maximum absolute atomic E-state index is 12.8. The first-order valence-electron chi connectivity index (χ1n) is 10.6. The van der Waals surface area contributed by atoms with Crippen LogP contribution in [0.25, 0.3) is 10.2 Å². The van der Waals surface area contributed by atoms with E-state index in [1.54, 1.807) is 47.6 Å². The zero-order valence-corrected chi connectivity index (χ0v) is 19.9. The van der Waals surface area contributed by atoms with Gasteiger partial charge in [0.2, 0.25) is 0 Å². The largest absolute Gasteiger partial charge is 0.424 e. The summed E-state index contributed by atoms with van der Waals surface area (Å²) >= 11 is 3.41. The van der Waals surface area contributed by atoms with Gasteiger partial charge in [-0.05, 0) is 66.6 Å². The minimum atomic E-state index is -0.159. The molecule has 0 spiro atoms. The smallest absolute Gasteiger partial charge is 0.321 e. The van der Waals surface area contributed by atoms with Gasteiger partial charge in [0.15, 0.2) is 4.34 Å². The Hall–Kier alpha value is -3.75. The number of fused-ring (bicyclic) bond motifs is 1. The molecule has 0 saturated carbocycles. The van der Waals surface area contributed by atoms with E-state index in [9.17, 15) is 4.79 Å². The Balaban J connectivity index is 1.19. The second-order valence-corrected chi connectivity index (χ2v) is 9.75. The highest BCUT2D eigenvalue weighted by Gasteiger charge is 2.10. The molecule has 34 heavy (non-hydrogen) atoms. The van der Waals surface area contributed by atoms with Gasteiger partial charge >= 0.3 is 6.01 Å². The molecule has 0 unspecified atom stereocenters. The summed E-state index contributed by atoms with van der Waals surface area (Å²) in [4.78, 5) is 25.5. The number of hydrogen-bond donors (Lipinski definition) is 1. The Labute approximate surface area is 205 Å². The summed E-state index contributed by atoms with van der Waals surface area (Å²) in [6.45, 7) is 1.91. The fourth-order valence-corrected chi connectivity index (χ4v) is 5.31. The Morgan fingerprint density at radius 3 is 2.56 bits per heavy atom. The van der Waals surface area contributed by atoms with Crippen molar-refractivity contribution in [3.63, 3.8) is 0 Å². The number of anilines is 1. The molecule has 0 aliphatic carbocycles. The molecule has 168 valence electrons. The normalized spacial score (nSPS) is 10.9. The summed E-state index contributed by atoms with van der Waals surface area (Å²) in [6.07, 6.45) is 3.24. The molecule has 5 rings (SSSR count). The number of carbonyl (C=O) groups is 1. The minimum absolute atomic E-state index is 0.159. The number of amides is 1. The van der Waals surface area contributed by atoms with Crippen molar-refractivity contribution in [3.05, 3.63) is 102 Å². The summed E-state index contributed by atoms with van der Waals surface area (Å²) in [5.41, 5.74) is 4.38. The Morgan fingerprint density at radius 2 is 1.79 bits per heavy atom. The lowest BCUT2D eigenvalue weighted by atomic mass is 10.1. The molecule has 0 radical (unpaired) electrons.